The van der Waals surface area contributed by atoms with Crippen LogP contribution in [-0.2, 0) is 4.79 Å². The Morgan fingerprint density at radius 1 is 1.62 bits per heavy atom. The molecule has 2 heterocycles. The van der Waals surface area contributed by atoms with E-state index in [0.717, 1.165) is 25.3 Å². The predicted octanol–water partition coefficient (Wildman–Crippen LogP) is 0.661. The number of rotatable bonds is 0. The van der Waals surface area contributed by atoms with Gasteiger partial charge in [0.05, 0.1) is 0 Å². The number of amides is 1. The van der Waals surface area contributed by atoms with Gasteiger partial charge in [-0.3, -0.25) is 4.79 Å². The number of likely N-dealkylation sites (N-methyl/N-ethyl adjacent to an activating group) is 1. The van der Waals surface area contributed by atoms with Crippen molar-refractivity contribution in [3.8, 4) is 0 Å². The minimum atomic E-state index is 0.0770. The zero-order valence-corrected chi connectivity index (χ0v) is 8.82. The van der Waals surface area contributed by atoms with Gasteiger partial charge in [0, 0.05) is 25.8 Å². The van der Waals surface area contributed by atoms with Gasteiger partial charge in [-0.2, -0.15) is 0 Å². The average molecular weight is 200 g/mol. The molecule has 2 aliphatic rings. The van der Waals surface area contributed by atoms with Gasteiger partial charge in [-0.15, -0.1) is 11.8 Å². The largest absolute Gasteiger partial charge is 0.330 e. The molecular formula is C9H16N2OS. The number of piperidine rings is 1. The molecule has 0 aromatic heterocycles. The number of hydrogen-bond donors (Lipinski definition) is 1. The van der Waals surface area contributed by atoms with Crippen molar-refractivity contribution in [2.45, 2.75) is 24.1 Å². The van der Waals surface area contributed by atoms with E-state index >= 15 is 0 Å². The highest BCUT2D eigenvalue weighted by Crippen LogP contribution is 2.38. The molecule has 2 saturated heterocycles. The van der Waals surface area contributed by atoms with E-state index in [4.69, 9.17) is 0 Å². The maximum atomic E-state index is 11.6. The molecule has 0 aliphatic carbocycles. The summed E-state index contributed by atoms with van der Waals surface area (Å²) in [4.78, 5) is 13.6. The van der Waals surface area contributed by atoms with Crippen molar-refractivity contribution in [3.05, 3.63) is 0 Å². The third kappa shape index (κ3) is 1.57. The van der Waals surface area contributed by atoms with Gasteiger partial charge in [-0.05, 0) is 19.4 Å². The molecule has 3 nitrogen and oxygen atoms in total. The fourth-order valence-electron chi connectivity index (χ4n) is 2.09. The van der Waals surface area contributed by atoms with E-state index in [9.17, 15) is 4.79 Å². The van der Waals surface area contributed by atoms with Crippen molar-refractivity contribution in [1.82, 2.24) is 10.2 Å². The minimum absolute atomic E-state index is 0.0770. The molecule has 0 aromatic carbocycles. The van der Waals surface area contributed by atoms with Gasteiger partial charge in [0.2, 0.25) is 5.91 Å². The van der Waals surface area contributed by atoms with Gasteiger partial charge in [-0.25, -0.2) is 0 Å². The van der Waals surface area contributed by atoms with Gasteiger partial charge in [0.15, 0.2) is 0 Å². The van der Waals surface area contributed by atoms with Gasteiger partial charge in [0.1, 0.15) is 4.87 Å². The summed E-state index contributed by atoms with van der Waals surface area (Å²) < 4.78 is 0. The van der Waals surface area contributed by atoms with E-state index in [0.29, 0.717) is 12.3 Å². The molecule has 0 saturated carbocycles. The van der Waals surface area contributed by atoms with E-state index < -0.39 is 0 Å². The fourth-order valence-corrected chi connectivity index (χ4v) is 3.54. The molecule has 1 atom stereocenters. The zero-order chi connectivity index (χ0) is 9.31. The Kier molecular flexibility index (Phi) is 2.51. The molecule has 0 radical (unpaired) electrons. The van der Waals surface area contributed by atoms with Crippen LogP contribution in [0.4, 0.5) is 0 Å². The Morgan fingerprint density at radius 3 is 3.15 bits per heavy atom. The second-order valence-corrected chi connectivity index (χ2v) is 5.23. The van der Waals surface area contributed by atoms with Crippen LogP contribution in [0.5, 0.6) is 0 Å². The zero-order valence-electron chi connectivity index (χ0n) is 8.01. The summed E-state index contributed by atoms with van der Waals surface area (Å²) in [6, 6.07) is 0. The number of carbonyl (C=O) groups excluding carboxylic acids is 1. The van der Waals surface area contributed by atoms with E-state index in [-0.39, 0.29) is 4.87 Å². The van der Waals surface area contributed by atoms with Crippen LogP contribution in [0.2, 0.25) is 0 Å². The lowest BCUT2D eigenvalue weighted by Crippen LogP contribution is -2.58. The van der Waals surface area contributed by atoms with E-state index in [1.807, 2.05) is 23.7 Å². The van der Waals surface area contributed by atoms with Crippen molar-refractivity contribution < 1.29 is 4.79 Å². The Morgan fingerprint density at radius 2 is 2.46 bits per heavy atom. The summed E-state index contributed by atoms with van der Waals surface area (Å²) in [7, 11) is 1.95. The van der Waals surface area contributed by atoms with Crippen LogP contribution in [0, 0.1) is 0 Å². The van der Waals surface area contributed by atoms with Crippen LogP contribution in [-0.4, -0.2) is 41.6 Å². The Balaban J connectivity index is 2.13. The van der Waals surface area contributed by atoms with E-state index in [2.05, 4.69) is 5.32 Å². The average Bonchev–Trinajstić information content (AvgIpc) is 2.16. The first-order valence-electron chi connectivity index (χ1n) is 4.86. The van der Waals surface area contributed by atoms with Crippen LogP contribution in [0.3, 0.4) is 0 Å². The Hall–Kier alpha value is -0.220. The smallest absolute Gasteiger partial charge is 0.224 e. The minimum Gasteiger partial charge on any atom is -0.330 e. The van der Waals surface area contributed by atoms with Crippen molar-refractivity contribution in [1.29, 1.82) is 0 Å². The quantitative estimate of drug-likeness (QED) is 0.623. The monoisotopic (exact) mass is 200 g/mol. The molecule has 0 bridgehead atoms. The summed E-state index contributed by atoms with van der Waals surface area (Å²) in [6.45, 7) is 2.06. The Labute approximate surface area is 83.2 Å². The second-order valence-electron chi connectivity index (χ2n) is 3.78. The number of hydrogen-bond acceptors (Lipinski definition) is 3. The molecule has 2 rings (SSSR count). The van der Waals surface area contributed by atoms with Crippen LogP contribution >= 0.6 is 11.8 Å². The highest BCUT2D eigenvalue weighted by atomic mass is 32.2. The summed E-state index contributed by atoms with van der Waals surface area (Å²) in [5.41, 5.74) is 0. The summed E-state index contributed by atoms with van der Waals surface area (Å²) >= 11 is 1.94. The summed E-state index contributed by atoms with van der Waals surface area (Å²) in [5, 5.41) is 3.38. The maximum absolute atomic E-state index is 11.6. The van der Waals surface area contributed by atoms with Crippen LogP contribution in [0.1, 0.15) is 19.3 Å². The van der Waals surface area contributed by atoms with Gasteiger partial charge >= 0.3 is 0 Å². The van der Waals surface area contributed by atoms with E-state index in [1.165, 1.54) is 6.42 Å². The van der Waals surface area contributed by atoms with Gasteiger partial charge in [-0.1, -0.05) is 0 Å². The fraction of sp³-hybridized carbons (Fsp3) is 0.889. The highest BCUT2D eigenvalue weighted by Gasteiger charge is 2.41. The molecule has 1 spiro atoms. The molecule has 13 heavy (non-hydrogen) atoms. The first-order valence-corrected chi connectivity index (χ1v) is 5.84. The topological polar surface area (TPSA) is 32.3 Å². The summed E-state index contributed by atoms with van der Waals surface area (Å²) in [6.07, 6.45) is 3.04. The first-order chi connectivity index (χ1) is 6.25. The van der Waals surface area contributed by atoms with Crippen molar-refractivity contribution >= 4 is 17.7 Å². The van der Waals surface area contributed by atoms with Crippen LogP contribution in [0.15, 0.2) is 0 Å². The molecule has 4 heteroatoms. The third-order valence-corrected chi connectivity index (χ3v) is 4.56. The molecule has 1 amide bonds. The molecule has 2 aliphatic heterocycles. The SMILES string of the molecule is CN1C(=O)CCSC12CCCNC2. The summed E-state index contributed by atoms with van der Waals surface area (Å²) in [5.74, 6) is 1.30. The van der Waals surface area contributed by atoms with Gasteiger partial charge < -0.3 is 10.2 Å². The van der Waals surface area contributed by atoms with Crippen LogP contribution in [0.25, 0.3) is 0 Å². The molecule has 0 aromatic rings. The lowest BCUT2D eigenvalue weighted by Gasteiger charge is -2.47. The molecule has 2 fully saturated rings. The maximum Gasteiger partial charge on any atom is 0.224 e. The standard InChI is InChI=1S/C9H16N2OS/c1-11-8(12)3-6-13-9(11)4-2-5-10-7-9/h10H,2-7H2,1H3. The van der Waals surface area contributed by atoms with Crippen molar-refractivity contribution in [2.24, 2.45) is 0 Å². The number of nitrogens with one attached hydrogen (secondary N) is 1. The van der Waals surface area contributed by atoms with Crippen molar-refractivity contribution in [2.75, 3.05) is 25.9 Å². The Bertz CT molecular complexity index is 208. The van der Waals surface area contributed by atoms with Gasteiger partial charge in [0.25, 0.3) is 0 Å². The number of carbonyl (C=O) groups is 1. The number of thioether (sulfide) groups is 1. The molecule has 74 valence electrons. The first kappa shape index (κ1) is 9.34. The normalized spacial score (nSPS) is 35.5. The lowest BCUT2D eigenvalue weighted by atomic mass is 10.0. The van der Waals surface area contributed by atoms with Crippen molar-refractivity contribution in [3.63, 3.8) is 0 Å². The number of nitrogens with zero attached hydrogens (tertiary/aromatic N) is 1. The molecule has 1 unspecified atom stereocenters. The third-order valence-electron chi connectivity index (χ3n) is 2.99. The van der Waals surface area contributed by atoms with E-state index in [1.54, 1.807) is 0 Å². The van der Waals surface area contributed by atoms with Crippen LogP contribution < -0.4 is 5.32 Å². The highest BCUT2D eigenvalue weighted by molar-refractivity contribution is 8.00. The molecule has 1 N–H and O–H groups in total. The predicted molar refractivity (Wildman–Crippen MR) is 54.7 cm³/mol. The lowest BCUT2D eigenvalue weighted by molar-refractivity contribution is -0.133. The molecular weight excluding hydrogens is 184 g/mol. The second kappa shape index (κ2) is 3.50.